The molecule has 1 atom stereocenters. The Balaban J connectivity index is 2.17. The lowest BCUT2D eigenvalue weighted by Gasteiger charge is -2.24. The molecule has 1 fully saturated rings. The monoisotopic (exact) mass is 371 g/mol. The summed E-state index contributed by atoms with van der Waals surface area (Å²) >= 11 is 5.88. The van der Waals surface area contributed by atoms with E-state index >= 15 is 0 Å². The van der Waals surface area contributed by atoms with E-state index in [2.05, 4.69) is 0 Å². The van der Waals surface area contributed by atoms with Crippen LogP contribution in [0.4, 0.5) is 0 Å². The largest absolute Gasteiger partial charge is 0.507 e. The fourth-order valence-corrected chi connectivity index (χ4v) is 3.20. The van der Waals surface area contributed by atoms with Crippen molar-refractivity contribution in [3.63, 3.8) is 0 Å². The quantitative estimate of drug-likeness (QED) is 0.492. The molecule has 1 aliphatic rings. The van der Waals surface area contributed by atoms with Crippen LogP contribution in [0, 0.1) is 6.92 Å². The van der Waals surface area contributed by atoms with Crippen LogP contribution in [-0.4, -0.2) is 40.0 Å². The Hall–Kier alpha value is -2.63. The van der Waals surface area contributed by atoms with Gasteiger partial charge >= 0.3 is 0 Å². The molecule has 0 unspecified atom stereocenters. The van der Waals surface area contributed by atoms with Gasteiger partial charge in [0.15, 0.2) is 0 Å². The maximum Gasteiger partial charge on any atom is 0.295 e. The first-order valence-corrected chi connectivity index (χ1v) is 8.53. The van der Waals surface area contributed by atoms with Crippen LogP contribution in [0.25, 0.3) is 5.76 Å². The summed E-state index contributed by atoms with van der Waals surface area (Å²) in [4.78, 5) is 26.3. The van der Waals surface area contributed by atoms with Crippen molar-refractivity contribution in [3.8, 4) is 0 Å². The molecule has 2 N–H and O–H groups in total. The van der Waals surface area contributed by atoms with Crippen LogP contribution in [0.15, 0.2) is 54.1 Å². The van der Waals surface area contributed by atoms with Crippen LogP contribution < -0.4 is 0 Å². The first kappa shape index (κ1) is 18.2. The molecular weight excluding hydrogens is 354 g/mol. The number of β-amino-alcohol motifs (C(OH)–C–C–N with tert-alkyl or cyclic N) is 1. The van der Waals surface area contributed by atoms with Gasteiger partial charge in [-0.05, 0) is 36.8 Å². The Kier molecular flexibility index (Phi) is 5.11. The highest BCUT2D eigenvalue weighted by atomic mass is 35.5. The van der Waals surface area contributed by atoms with Crippen molar-refractivity contribution in [1.82, 2.24) is 4.90 Å². The van der Waals surface area contributed by atoms with E-state index in [-0.39, 0.29) is 24.5 Å². The fourth-order valence-electron chi connectivity index (χ4n) is 3.08. The van der Waals surface area contributed by atoms with Crippen LogP contribution in [0.5, 0.6) is 0 Å². The first-order valence-electron chi connectivity index (χ1n) is 8.16. The molecule has 1 saturated heterocycles. The number of amides is 1. The van der Waals surface area contributed by atoms with Crippen molar-refractivity contribution < 1.29 is 19.8 Å². The number of ketones is 1. The Labute approximate surface area is 156 Å². The lowest BCUT2D eigenvalue weighted by Crippen LogP contribution is -2.32. The molecular formula is C20H18ClNO4. The summed E-state index contributed by atoms with van der Waals surface area (Å²) in [5, 5.41) is 20.6. The van der Waals surface area contributed by atoms with Gasteiger partial charge in [-0.1, -0.05) is 41.4 Å². The van der Waals surface area contributed by atoms with E-state index in [4.69, 9.17) is 11.6 Å². The van der Waals surface area contributed by atoms with E-state index in [1.54, 1.807) is 24.3 Å². The number of aryl methyl sites for hydroxylation is 1. The summed E-state index contributed by atoms with van der Waals surface area (Å²) in [6.45, 7) is 1.65. The van der Waals surface area contributed by atoms with Crippen molar-refractivity contribution in [1.29, 1.82) is 0 Å². The number of hydrogen-bond donors (Lipinski definition) is 2. The van der Waals surface area contributed by atoms with Crippen LogP contribution in [0.2, 0.25) is 5.02 Å². The minimum Gasteiger partial charge on any atom is -0.507 e. The lowest BCUT2D eigenvalue weighted by molar-refractivity contribution is -0.140. The van der Waals surface area contributed by atoms with Gasteiger partial charge in [0.25, 0.3) is 11.7 Å². The van der Waals surface area contributed by atoms with Crippen molar-refractivity contribution in [2.24, 2.45) is 0 Å². The van der Waals surface area contributed by atoms with E-state index in [9.17, 15) is 19.8 Å². The molecule has 0 spiro atoms. The van der Waals surface area contributed by atoms with Crippen LogP contribution in [-0.2, 0) is 9.59 Å². The number of rotatable bonds is 4. The zero-order valence-electron chi connectivity index (χ0n) is 14.1. The van der Waals surface area contributed by atoms with E-state index < -0.39 is 17.7 Å². The molecule has 1 amide bonds. The molecule has 0 saturated carbocycles. The highest BCUT2D eigenvalue weighted by molar-refractivity contribution is 6.46. The Bertz CT molecular complexity index is 872. The van der Waals surface area contributed by atoms with Gasteiger partial charge in [0, 0.05) is 17.1 Å². The number of halogens is 1. The first-order chi connectivity index (χ1) is 12.4. The van der Waals surface area contributed by atoms with Gasteiger partial charge in [0.2, 0.25) is 0 Å². The summed E-state index contributed by atoms with van der Waals surface area (Å²) in [7, 11) is 0. The molecule has 2 aromatic rings. The molecule has 2 aromatic carbocycles. The molecule has 0 aromatic heterocycles. The van der Waals surface area contributed by atoms with Gasteiger partial charge in [0.05, 0.1) is 18.2 Å². The third kappa shape index (κ3) is 3.23. The topological polar surface area (TPSA) is 77.8 Å². The van der Waals surface area contributed by atoms with E-state index in [1.807, 2.05) is 31.2 Å². The van der Waals surface area contributed by atoms with Crippen molar-refractivity contribution in [3.05, 3.63) is 75.8 Å². The number of hydrogen-bond acceptors (Lipinski definition) is 4. The average molecular weight is 372 g/mol. The number of aliphatic hydroxyl groups excluding tert-OH is 2. The van der Waals surface area contributed by atoms with Crippen molar-refractivity contribution in [2.75, 3.05) is 13.2 Å². The smallest absolute Gasteiger partial charge is 0.295 e. The normalized spacial score (nSPS) is 19.2. The zero-order valence-corrected chi connectivity index (χ0v) is 14.9. The predicted molar refractivity (Wildman–Crippen MR) is 98.7 cm³/mol. The number of carbonyl (C=O) groups excluding carboxylic acids is 2. The number of benzene rings is 2. The summed E-state index contributed by atoms with van der Waals surface area (Å²) in [5.41, 5.74) is 2.13. The fraction of sp³-hybridized carbons (Fsp3) is 0.200. The second-order valence-electron chi connectivity index (χ2n) is 6.13. The summed E-state index contributed by atoms with van der Waals surface area (Å²) in [6, 6.07) is 13.0. The lowest BCUT2D eigenvalue weighted by atomic mass is 9.95. The number of likely N-dealkylation sites (tertiary alicyclic amines) is 1. The second kappa shape index (κ2) is 7.32. The molecule has 3 rings (SSSR count). The number of Topliss-reactive ketones (excluding diaryl/α,β-unsaturated/α-hetero) is 1. The zero-order chi connectivity index (χ0) is 18.8. The Morgan fingerprint density at radius 1 is 1.08 bits per heavy atom. The molecule has 1 heterocycles. The SMILES string of the molecule is Cc1ccc([C@H]2C(=C(O)c3ccc(Cl)cc3)C(=O)C(=O)N2CCO)cc1. The van der Waals surface area contributed by atoms with Gasteiger partial charge in [-0.3, -0.25) is 9.59 Å². The van der Waals surface area contributed by atoms with Gasteiger partial charge < -0.3 is 15.1 Å². The maximum atomic E-state index is 12.6. The van der Waals surface area contributed by atoms with Crippen molar-refractivity contribution in [2.45, 2.75) is 13.0 Å². The molecule has 1 aliphatic heterocycles. The highest BCUT2D eigenvalue weighted by Gasteiger charge is 2.45. The molecule has 0 radical (unpaired) electrons. The van der Waals surface area contributed by atoms with Crippen LogP contribution in [0.3, 0.4) is 0 Å². The van der Waals surface area contributed by atoms with Gasteiger partial charge in [-0.25, -0.2) is 0 Å². The summed E-state index contributed by atoms with van der Waals surface area (Å²) in [5.74, 6) is -1.76. The maximum absolute atomic E-state index is 12.6. The number of nitrogens with zero attached hydrogens (tertiary/aromatic N) is 1. The molecule has 5 nitrogen and oxygen atoms in total. The van der Waals surface area contributed by atoms with Crippen LogP contribution in [0.1, 0.15) is 22.7 Å². The summed E-state index contributed by atoms with van der Waals surface area (Å²) < 4.78 is 0. The van der Waals surface area contributed by atoms with Gasteiger partial charge in [-0.2, -0.15) is 0 Å². The average Bonchev–Trinajstić information content (AvgIpc) is 2.88. The molecule has 26 heavy (non-hydrogen) atoms. The number of aliphatic hydroxyl groups is 2. The predicted octanol–water partition coefficient (Wildman–Crippen LogP) is 3.06. The third-order valence-electron chi connectivity index (χ3n) is 4.39. The molecule has 0 bridgehead atoms. The minimum absolute atomic E-state index is 0.000510. The summed E-state index contributed by atoms with van der Waals surface area (Å²) in [6.07, 6.45) is 0. The van der Waals surface area contributed by atoms with Crippen LogP contribution >= 0.6 is 11.6 Å². The Morgan fingerprint density at radius 2 is 1.69 bits per heavy atom. The van der Waals surface area contributed by atoms with E-state index in [0.717, 1.165) is 5.56 Å². The van der Waals surface area contributed by atoms with Gasteiger partial charge in [0.1, 0.15) is 5.76 Å². The highest BCUT2D eigenvalue weighted by Crippen LogP contribution is 2.39. The standard InChI is InChI=1S/C20H18ClNO4/c1-12-2-4-13(5-3-12)17-16(19(25)20(26)22(17)10-11-23)18(24)14-6-8-15(21)9-7-14/h2-9,17,23-24H,10-11H2,1H3/t17-/m0/s1. The molecule has 6 heteroatoms. The second-order valence-corrected chi connectivity index (χ2v) is 6.57. The Morgan fingerprint density at radius 3 is 2.27 bits per heavy atom. The van der Waals surface area contributed by atoms with Gasteiger partial charge in [-0.15, -0.1) is 0 Å². The molecule has 134 valence electrons. The van der Waals surface area contributed by atoms with E-state index in [1.165, 1.54) is 4.90 Å². The third-order valence-corrected chi connectivity index (χ3v) is 4.64. The van der Waals surface area contributed by atoms with E-state index in [0.29, 0.717) is 16.1 Å². The minimum atomic E-state index is -0.767. The van der Waals surface area contributed by atoms with Crippen molar-refractivity contribution >= 4 is 29.1 Å². The molecule has 0 aliphatic carbocycles. The number of carbonyl (C=O) groups is 2.